The van der Waals surface area contributed by atoms with Gasteiger partial charge in [0, 0.05) is 16.5 Å². The van der Waals surface area contributed by atoms with Crippen LogP contribution in [0.1, 0.15) is 11.1 Å². The Balaban J connectivity index is 2.10. The van der Waals surface area contributed by atoms with E-state index in [2.05, 4.69) is 6.58 Å². The summed E-state index contributed by atoms with van der Waals surface area (Å²) in [6, 6.07) is 1.08. The van der Waals surface area contributed by atoms with Crippen molar-refractivity contribution in [1.29, 1.82) is 0 Å². The molecule has 0 saturated heterocycles. The van der Waals surface area contributed by atoms with Gasteiger partial charge >= 0.3 is 0 Å². The molecule has 7 N–H and O–H groups in total. The predicted octanol–water partition coefficient (Wildman–Crippen LogP) is 0.0589. The number of amides is 1. The lowest BCUT2D eigenvalue weighted by Crippen LogP contribution is -2.70. The molecule has 1 saturated carbocycles. The number of phenolic OH excluding ortho intramolecular Hbond substituents is 1. The molecule has 0 spiro atoms. The third-order valence-electron chi connectivity index (χ3n) is 6.67. The Kier molecular flexibility index (Phi) is 4.99. The van der Waals surface area contributed by atoms with E-state index in [0.717, 1.165) is 0 Å². The summed E-state index contributed by atoms with van der Waals surface area (Å²) in [4.78, 5) is 39.9. The van der Waals surface area contributed by atoms with E-state index in [1.807, 2.05) is 0 Å². The largest absolute Gasteiger partial charge is 0.508 e. The van der Waals surface area contributed by atoms with Gasteiger partial charge in [-0.3, -0.25) is 19.3 Å². The molecule has 1 aromatic carbocycles. The Morgan fingerprint density at radius 2 is 1.79 bits per heavy atom. The second-order valence-electron chi connectivity index (χ2n) is 8.55. The SMILES string of the molecule is C=C1c2c(Cl)ccc(O)c2C(O)=C2C(=O)[C@]3(O)C(O)=C(C(N)=O)C(=O)[C@@H](N(C)C)[C@H]3[C@@H](O)[C@H]12. The molecular formula is C22H21ClN2O8. The molecule has 0 unspecified atom stereocenters. The first kappa shape index (κ1) is 23.0. The summed E-state index contributed by atoms with van der Waals surface area (Å²) in [6.45, 7) is 3.89. The van der Waals surface area contributed by atoms with Crippen molar-refractivity contribution in [2.75, 3.05) is 14.1 Å². The lowest BCUT2D eigenvalue weighted by molar-refractivity contribution is -0.166. The Bertz CT molecular complexity index is 1230. The zero-order valence-electron chi connectivity index (χ0n) is 17.5. The minimum Gasteiger partial charge on any atom is -0.508 e. The second-order valence-corrected chi connectivity index (χ2v) is 8.96. The summed E-state index contributed by atoms with van der Waals surface area (Å²) in [5.74, 6) is -9.18. The molecule has 1 amide bonds. The van der Waals surface area contributed by atoms with Crippen LogP contribution in [0.15, 0.2) is 35.6 Å². The van der Waals surface area contributed by atoms with E-state index < -0.39 is 75.5 Å². The molecular weight excluding hydrogens is 456 g/mol. The van der Waals surface area contributed by atoms with E-state index in [1.54, 1.807) is 0 Å². The fourth-order valence-electron chi connectivity index (χ4n) is 5.26. The van der Waals surface area contributed by atoms with Gasteiger partial charge in [-0.2, -0.15) is 0 Å². The number of halogens is 1. The van der Waals surface area contributed by atoms with Gasteiger partial charge in [0.05, 0.1) is 29.2 Å². The average Bonchev–Trinajstić information content (AvgIpc) is 2.72. The van der Waals surface area contributed by atoms with Crippen LogP contribution in [0, 0.1) is 11.8 Å². The monoisotopic (exact) mass is 476 g/mol. The molecule has 0 aromatic heterocycles. The summed E-state index contributed by atoms with van der Waals surface area (Å²) in [6.07, 6.45) is -1.75. The molecule has 1 fully saturated rings. The molecule has 0 bridgehead atoms. The standard InChI is InChI=1S/C22H21ClN2O8/c1-6-9-7(23)4-5-8(26)11(9)16(27)12-10(6)17(28)14-15(25(2)3)18(29)13(21(24)32)20(31)22(14,33)19(12)30/h4-5,10,14-15,17,26-28,31,33H,1H2,2-3H3,(H2,24,32)/t10-,14+,15+,17+,22+/m1/s1. The van der Waals surface area contributed by atoms with Crippen molar-refractivity contribution in [2.24, 2.45) is 17.6 Å². The maximum Gasteiger partial charge on any atom is 0.255 e. The first-order chi connectivity index (χ1) is 15.3. The van der Waals surface area contributed by atoms with E-state index in [-0.39, 0.29) is 21.7 Å². The van der Waals surface area contributed by atoms with Crippen LogP contribution in [0.2, 0.25) is 5.02 Å². The Labute approximate surface area is 192 Å². The van der Waals surface area contributed by atoms with Gasteiger partial charge in [0.1, 0.15) is 22.8 Å². The quantitative estimate of drug-likeness (QED) is 0.321. The van der Waals surface area contributed by atoms with Crippen molar-refractivity contribution in [2.45, 2.75) is 17.7 Å². The lowest BCUT2D eigenvalue weighted by atomic mass is 9.55. The van der Waals surface area contributed by atoms with Crippen molar-refractivity contribution in [3.05, 3.63) is 51.8 Å². The highest BCUT2D eigenvalue weighted by atomic mass is 35.5. The number of aliphatic hydroxyl groups excluding tert-OH is 3. The molecule has 3 aliphatic rings. The summed E-state index contributed by atoms with van der Waals surface area (Å²) in [5, 5.41) is 55.0. The number of carbonyl (C=O) groups is 3. The van der Waals surface area contributed by atoms with Gasteiger partial charge in [-0.05, 0) is 31.8 Å². The molecule has 3 aliphatic carbocycles. The fourth-order valence-corrected chi connectivity index (χ4v) is 5.54. The normalized spacial score (nSPS) is 31.5. The molecule has 174 valence electrons. The Morgan fingerprint density at radius 1 is 1.18 bits per heavy atom. The summed E-state index contributed by atoms with van der Waals surface area (Å²) >= 11 is 6.25. The first-order valence-electron chi connectivity index (χ1n) is 9.81. The minimum absolute atomic E-state index is 0.0516. The number of fused-ring (bicyclic) bond motifs is 3. The molecule has 33 heavy (non-hydrogen) atoms. The fraction of sp³-hybridized carbons (Fsp3) is 0.318. The number of Topliss-reactive ketones (excluding diaryl/α,β-unsaturated/α-hetero) is 2. The van der Waals surface area contributed by atoms with E-state index in [9.17, 15) is 39.9 Å². The highest BCUT2D eigenvalue weighted by molar-refractivity contribution is 6.33. The molecule has 4 rings (SSSR count). The number of nitrogens with two attached hydrogens (primary N) is 1. The highest BCUT2D eigenvalue weighted by Gasteiger charge is 2.68. The van der Waals surface area contributed by atoms with Gasteiger partial charge in [-0.15, -0.1) is 0 Å². The molecule has 5 atom stereocenters. The minimum atomic E-state index is -2.97. The average molecular weight is 477 g/mol. The van der Waals surface area contributed by atoms with E-state index in [0.29, 0.717) is 0 Å². The zero-order valence-corrected chi connectivity index (χ0v) is 18.3. The topological polar surface area (TPSA) is 182 Å². The smallest absolute Gasteiger partial charge is 0.255 e. The summed E-state index contributed by atoms with van der Waals surface area (Å²) in [5.41, 5.74) is 0.634. The van der Waals surface area contributed by atoms with Gasteiger partial charge in [0.2, 0.25) is 5.78 Å². The first-order valence-corrected chi connectivity index (χ1v) is 10.2. The predicted molar refractivity (Wildman–Crippen MR) is 116 cm³/mol. The number of benzene rings is 1. The van der Waals surface area contributed by atoms with Gasteiger partial charge in [0.15, 0.2) is 11.4 Å². The summed E-state index contributed by atoms with van der Waals surface area (Å²) in [7, 11) is 2.84. The zero-order chi connectivity index (χ0) is 24.7. The number of aromatic hydroxyl groups is 1. The molecule has 10 nitrogen and oxygen atoms in total. The van der Waals surface area contributed by atoms with Crippen LogP contribution in [0.3, 0.4) is 0 Å². The van der Waals surface area contributed by atoms with Crippen molar-refractivity contribution in [1.82, 2.24) is 4.90 Å². The van der Waals surface area contributed by atoms with Crippen LogP contribution in [0.4, 0.5) is 0 Å². The number of rotatable bonds is 2. The molecule has 0 radical (unpaired) electrons. The number of aliphatic hydroxyl groups is 4. The second kappa shape index (κ2) is 7.16. The molecule has 11 heteroatoms. The lowest BCUT2D eigenvalue weighted by Gasteiger charge is -2.52. The molecule has 0 aliphatic heterocycles. The number of hydrogen-bond acceptors (Lipinski definition) is 9. The van der Waals surface area contributed by atoms with Gasteiger partial charge in [-0.25, -0.2) is 0 Å². The van der Waals surface area contributed by atoms with Gasteiger partial charge < -0.3 is 31.3 Å². The number of hydrogen-bond donors (Lipinski definition) is 6. The number of phenols is 1. The number of carbonyl (C=O) groups excluding carboxylic acids is 3. The number of primary amides is 1. The van der Waals surface area contributed by atoms with Crippen LogP contribution < -0.4 is 5.73 Å². The van der Waals surface area contributed by atoms with E-state index in [4.69, 9.17) is 17.3 Å². The van der Waals surface area contributed by atoms with Crippen molar-refractivity contribution in [3.8, 4) is 5.75 Å². The van der Waals surface area contributed by atoms with Gasteiger partial charge in [0.25, 0.3) is 5.91 Å². The van der Waals surface area contributed by atoms with Crippen LogP contribution in [0.5, 0.6) is 5.75 Å². The van der Waals surface area contributed by atoms with Gasteiger partial charge in [-0.1, -0.05) is 18.2 Å². The van der Waals surface area contributed by atoms with Crippen LogP contribution in [0.25, 0.3) is 11.3 Å². The Morgan fingerprint density at radius 3 is 2.33 bits per heavy atom. The molecule has 1 aromatic rings. The summed E-state index contributed by atoms with van der Waals surface area (Å²) < 4.78 is 0. The van der Waals surface area contributed by atoms with Crippen molar-refractivity contribution >= 4 is 40.4 Å². The van der Waals surface area contributed by atoms with E-state index >= 15 is 0 Å². The third-order valence-corrected chi connectivity index (χ3v) is 6.99. The number of nitrogens with zero attached hydrogens (tertiary/aromatic N) is 1. The third kappa shape index (κ3) is 2.69. The van der Waals surface area contributed by atoms with E-state index in [1.165, 1.54) is 31.1 Å². The maximum atomic E-state index is 13.7. The number of likely N-dealkylation sites (N-methyl/N-ethyl adjacent to an activating group) is 1. The van der Waals surface area contributed by atoms with Crippen molar-refractivity contribution < 1.29 is 39.9 Å². The molecule has 0 heterocycles. The maximum absolute atomic E-state index is 13.7. The van der Waals surface area contributed by atoms with Crippen LogP contribution in [-0.2, 0) is 14.4 Å². The van der Waals surface area contributed by atoms with Crippen molar-refractivity contribution in [3.63, 3.8) is 0 Å². The van der Waals surface area contributed by atoms with Crippen LogP contribution >= 0.6 is 11.6 Å². The van der Waals surface area contributed by atoms with Crippen LogP contribution in [-0.4, -0.2) is 79.7 Å². The number of ketones is 2. The highest BCUT2D eigenvalue weighted by Crippen LogP contribution is 2.56. The Hall–Kier alpha value is -3.18.